The molecule has 2 amide bonds. The van der Waals surface area contributed by atoms with Crippen LogP contribution < -0.4 is 5.32 Å². The number of aromatic nitrogens is 1. The standard InChI is InChI=1S/C18H22FN3O3/c1-3-25-18(24)22-8-6-14(7-9-22)20-17(23)16-11-12-10-13(19)4-5-15(12)21(16)2/h4-5,10-11,14H,3,6-9H2,1-2H3,(H,20,23). The van der Waals surface area contributed by atoms with E-state index in [1.165, 1.54) is 12.1 Å². The summed E-state index contributed by atoms with van der Waals surface area (Å²) in [6.45, 7) is 3.26. The number of halogens is 1. The van der Waals surface area contributed by atoms with Gasteiger partial charge in [0.15, 0.2) is 0 Å². The molecule has 1 fully saturated rings. The molecule has 0 bridgehead atoms. The minimum atomic E-state index is -0.323. The fourth-order valence-electron chi connectivity index (χ4n) is 3.22. The normalized spacial score (nSPS) is 15.4. The summed E-state index contributed by atoms with van der Waals surface area (Å²) in [5, 5.41) is 3.71. The van der Waals surface area contributed by atoms with Crippen LogP contribution in [-0.4, -0.2) is 47.2 Å². The van der Waals surface area contributed by atoms with Crippen LogP contribution in [0.4, 0.5) is 9.18 Å². The second kappa shape index (κ2) is 7.13. The molecule has 1 aromatic carbocycles. The van der Waals surface area contributed by atoms with E-state index in [9.17, 15) is 14.0 Å². The summed E-state index contributed by atoms with van der Waals surface area (Å²) >= 11 is 0. The molecule has 0 unspecified atom stereocenters. The van der Waals surface area contributed by atoms with E-state index in [1.54, 1.807) is 35.6 Å². The quantitative estimate of drug-likeness (QED) is 0.928. The van der Waals surface area contributed by atoms with E-state index in [1.807, 2.05) is 0 Å². The summed E-state index contributed by atoms with van der Waals surface area (Å²) < 4.78 is 20.1. The number of rotatable bonds is 3. The molecule has 1 aliphatic rings. The van der Waals surface area contributed by atoms with Crippen molar-refractivity contribution in [2.75, 3.05) is 19.7 Å². The van der Waals surface area contributed by atoms with Gasteiger partial charge in [0.25, 0.3) is 5.91 Å². The predicted molar refractivity (Wildman–Crippen MR) is 92.0 cm³/mol. The van der Waals surface area contributed by atoms with E-state index >= 15 is 0 Å². The number of ether oxygens (including phenoxy) is 1. The van der Waals surface area contributed by atoms with Crippen molar-refractivity contribution in [1.82, 2.24) is 14.8 Å². The van der Waals surface area contributed by atoms with Gasteiger partial charge in [-0.3, -0.25) is 4.79 Å². The molecule has 1 aromatic heterocycles. The molecule has 0 atom stereocenters. The van der Waals surface area contributed by atoms with E-state index in [4.69, 9.17) is 4.74 Å². The molecule has 25 heavy (non-hydrogen) atoms. The Labute approximate surface area is 145 Å². The molecule has 0 spiro atoms. The highest BCUT2D eigenvalue weighted by Crippen LogP contribution is 2.20. The number of nitrogens with zero attached hydrogens (tertiary/aromatic N) is 2. The summed E-state index contributed by atoms with van der Waals surface area (Å²) in [4.78, 5) is 25.9. The summed E-state index contributed by atoms with van der Waals surface area (Å²) in [5.74, 6) is -0.509. The summed E-state index contributed by atoms with van der Waals surface area (Å²) in [5.41, 5.74) is 1.30. The molecule has 7 heteroatoms. The average Bonchev–Trinajstić information content (AvgIpc) is 2.92. The summed E-state index contributed by atoms with van der Waals surface area (Å²) in [6, 6.07) is 6.17. The fourth-order valence-corrected chi connectivity index (χ4v) is 3.22. The molecule has 1 aliphatic heterocycles. The molecule has 0 aliphatic carbocycles. The van der Waals surface area contributed by atoms with Crippen molar-refractivity contribution >= 4 is 22.9 Å². The maximum atomic E-state index is 13.4. The molecule has 134 valence electrons. The molecular formula is C18H22FN3O3. The number of carbonyl (C=O) groups excluding carboxylic acids is 2. The molecule has 2 aromatic rings. The van der Waals surface area contributed by atoms with Gasteiger partial charge >= 0.3 is 6.09 Å². The lowest BCUT2D eigenvalue weighted by Crippen LogP contribution is -2.46. The van der Waals surface area contributed by atoms with Gasteiger partial charge in [0.2, 0.25) is 0 Å². The highest BCUT2D eigenvalue weighted by atomic mass is 19.1. The van der Waals surface area contributed by atoms with E-state index in [0.717, 1.165) is 5.52 Å². The smallest absolute Gasteiger partial charge is 0.409 e. The van der Waals surface area contributed by atoms with Crippen LogP contribution in [-0.2, 0) is 11.8 Å². The third-order valence-electron chi connectivity index (χ3n) is 4.59. The van der Waals surface area contributed by atoms with Crippen molar-refractivity contribution in [1.29, 1.82) is 0 Å². The molecule has 0 radical (unpaired) electrons. The van der Waals surface area contributed by atoms with Gasteiger partial charge in [0.1, 0.15) is 11.5 Å². The van der Waals surface area contributed by atoms with Gasteiger partial charge < -0.3 is 19.5 Å². The van der Waals surface area contributed by atoms with E-state index in [-0.39, 0.29) is 23.9 Å². The first-order valence-corrected chi connectivity index (χ1v) is 8.47. The Bertz CT molecular complexity index is 794. The minimum Gasteiger partial charge on any atom is -0.450 e. The van der Waals surface area contributed by atoms with E-state index < -0.39 is 0 Å². The lowest BCUT2D eigenvalue weighted by molar-refractivity contribution is 0.0855. The SMILES string of the molecule is CCOC(=O)N1CCC(NC(=O)c2cc3cc(F)ccc3n2C)CC1. The van der Waals surface area contributed by atoms with Crippen LogP contribution in [0.5, 0.6) is 0 Å². The highest BCUT2D eigenvalue weighted by molar-refractivity contribution is 5.98. The van der Waals surface area contributed by atoms with Crippen molar-refractivity contribution in [3.8, 4) is 0 Å². The second-order valence-corrected chi connectivity index (χ2v) is 6.23. The van der Waals surface area contributed by atoms with Gasteiger partial charge in [-0.2, -0.15) is 0 Å². The third-order valence-corrected chi connectivity index (χ3v) is 4.59. The monoisotopic (exact) mass is 347 g/mol. The van der Waals surface area contributed by atoms with Gasteiger partial charge in [-0.15, -0.1) is 0 Å². The maximum absolute atomic E-state index is 13.4. The van der Waals surface area contributed by atoms with Crippen molar-refractivity contribution in [2.24, 2.45) is 7.05 Å². The number of hydrogen-bond donors (Lipinski definition) is 1. The third kappa shape index (κ3) is 3.60. The van der Waals surface area contributed by atoms with Crippen LogP contribution in [0.15, 0.2) is 24.3 Å². The van der Waals surface area contributed by atoms with Crippen LogP contribution in [0.1, 0.15) is 30.3 Å². The molecule has 0 saturated carbocycles. The van der Waals surface area contributed by atoms with Gasteiger partial charge in [-0.05, 0) is 44.0 Å². The number of amides is 2. The summed E-state index contributed by atoms with van der Waals surface area (Å²) in [7, 11) is 1.79. The second-order valence-electron chi connectivity index (χ2n) is 6.23. The van der Waals surface area contributed by atoms with Crippen molar-refractivity contribution < 1.29 is 18.7 Å². The first-order valence-electron chi connectivity index (χ1n) is 8.47. The molecule has 1 saturated heterocycles. The largest absolute Gasteiger partial charge is 0.450 e. The predicted octanol–water partition coefficient (Wildman–Crippen LogP) is 2.67. The molecule has 3 rings (SSSR count). The zero-order valence-electron chi connectivity index (χ0n) is 14.4. The fraction of sp³-hybridized carbons (Fsp3) is 0.444. The van der Waals surface area contributed by atoms with Gasteiger partial charge in [0, 0.05) is 37.1 Å². The molecule has 1 N–H and O–H groups in total. The van der Waals surface area contributed by atoms with E-state index in [0.29, 0.717) is 43.6 Å². The number of nitrogens with one attached hydrogen (secondary N) is 1. The van der Waals surface area contributed by atoms with Crippen molar-refractivity contribution in [2.45, 2.75) is 25.8 Å². The van der Waals surface area contributed by atoms with Gasteiger partial charge in [-0.25, -0.2) is 9.18 Å². The van der Waals surface area contributed by atoms with Crippen LogP contribution in [0.2, 0.25) is 0 Å². The zero-order valence-corrected chi connectivity index (χ0v) is 14.4. The van der Waals surface area contributed by atoms with Crippen LogP contribution in [0.25, 0.3) is 10.9 Å². The maximum Gasteiger partial charge on any atom is 0.409 e. The Hall–Kier alpha value is -2.57. The molecule has 6 nitrogen and oxygen atoms in total. The number of hydrogen-bond acceptors (Lipinski definition) is 3. The van der Waals surface area contributed by atoms with Crippen LogP contribution in [0.3, 0.4) is 0 Å². The Morgan fingerprint density at radius 3 is 2.68 bits per heavy atom. The number of aryl methyl sites for hydroxylation is 1. The number of piperidine rings is 1. The Morgan fingerprint density at radius 2 is 2.00 bits per heavy atom. The molecule has 2 heterocycles. The van der Waals surface area contributed by atoms with Crippen LogP contribution in [0, 0.1) is 5.82 Å². The minimum absolute atomic E-state index is 0.00734. The number of fused-ring (bicyclic) bond motifs is 1. The zero-order chi connectivity index (χ0) is 18.0. The lowest BCUT2D eigenvalue weighted by atomic mass is 10.1. The Kier molecular flexibility index (Phi) is 4.92. The topological polar surface area (TPSA) is 63.6 Å². The number of carbonyl (C=O) groups is 2. The lowest BCUT2D eigenvalue weighted by Gasteiger charge is -2.31. The van der Waals surface area contributed by atoms with Crippen molar-refractivity contribution in [3.63, 3.8) is 0 Å². The first kappa shape index (κ1) is 17.3. The highest BCUT2D eigenvalue weighted by Gasteiger charge is 2.25. The number of benzene rings is 1. The van der Waals surface area contributed by atoms with Gasteiger partial charge in [0.05, 0.1) is 6.61 Å². The van der Waals surface area contributed by atoms with Gasteiger partial charge in [-0.1, -0.05) is 0 Å². The van der Waals surface area contributed by atoms with Crippen molar-refractivity contribution in [3.05, 3.63) is 35.8 Å². The Morgan fingerprint density at radius 1 is 1.28 bits per heavy atom. The molecular weight excluding hydrogens is 325 g/mol. The summed E-state index contributed by atoms with van der Waals surface area (Å²) in [6.07, 6.45) is 1.06. The first-order chi connectivity index (χ1) is 12.0. The average molecular weight is 347 g/mol. The van der Waals surface area contributed by atoms with Crippen LogP contribution >= 0.6 is 0 Å². The number of likely N-dealkylation sites (tertiary alicyclic amines) is 1. The Balaban J connectivity index is 1.64. The van der Waals surface area contributed by atoms with E-state index in [2.05, 4.69) is 5.32 Å².